The summed E-state index contributed by atoms with van der Waals surface area (Å²) in [5, 5.41) is 9.49. The molecule has 156 valence electrons. The molecule has 7 nitrogen and oxygen atoms in total. The molecule has 0 bridgehead atoms. The molecule has 0 spiro atoms. The standard InChI is InChI=1S/C22H30N4O3/c1-22(2)10-14(8-9-24-22)11-23-12-15-4-3-5-16-17(15)13-26(21(16)29)18-6-7-19(27)25-20(18)28/h3-5,14,18,23-24H,6-13H2,1-2H3,(H,25,27,28). The van der Waals surface area contributed by atoms with Gasteiger partial charge in [-0.25, -0.2) is 0 Å². The number of rotatable bonds is 5. The molecule has 0 aromatic heterocycles. The zero-order valence-corrected chi connectivity index (χ0v) is 17.2. The molecule has 3 aliphatic rings. The molecule has 1 aromatic rings. The molecular weight excluding hydrogens is 368 g/mol. The molecule has 2 saturated heterocycles. The van der Waals surface area contributed by atoms with Crippen LogP contribution in [0.15, 0.2) is 18.2 Å². The smallest absolute Gasteiger partial charge is 0.255 e. The van der Waals surface area contributed by atoms with E-state index in [9.17, 15) is 14.4 Å². The monoisotopic (exact) mass is 398 g/mol. The number of benzene rings is 1. The van der Waals surface area contributed by atoms with E-state index in [1.807, 2.05) is 12.1 Å². The lowest BCUT2D eigenvalue weighted by atomic mass is 9.84. The molecule has 3 amide bonds. The molecule has 29 heavy (non-hydrogen) atoms. The Balaban J connectivity index is 1.40. The van der Waals surface area contributed by atoms with Crippen LogP contribution >= 0.6 is 0 Å². The molecule has 4 rings (SSSR count). The second-order valence-corrected chi connectivity index (χ2v) is 9.14. The van der Waals surface area contributed by atoms with E-state index in [0.29, 0.717) is 31.0 Å². The van der Waals surface area contributed by atoms with Gasteiger partial charge in [0, 0.05) is 30.6 Å². The van der Waals surface area contributed by atoms with Gasteiger partial charge in [-0.15, -0.1) is 0 Å². The highest BCUT2D eigenvalue weighted by molar-refractivity contribution is 6.05. The minimum absolute atomic E-state index is 0.114. The van der Waals surface area contributed by atoms with E-state index in [2.05, 4.69) is 35.9 Å². The van der Waals surface area contributed by atoms with Crippen molar-refractivity contribution in [2.45, 2.75) is 64.2 Å². The summed E-state index contributed by atoms with van der Waals surface area (Å²) in [6.07, 6.45) is 2.99. The number of imide groups is 1. The number of hydrogen-bond acceptors (Lipinski definition) is 5. The molecule has 0 radical (unpaired) electrons. The van der Waals surface area contributed by atoms with Crippen molar-refractivity contribution in [2.75, 3.05) is 13.1 Å². The average Bonchev–Trinajstić information content (AvgIpc) is 2.99. The Labute approximate surface area is 171 Å². The largest absolute Gasteiger partial charge is 0.322 e. The highest BCUT2D eigenvalue weighted by Gasteiger charge is 2.39. The fraction of sp³-hybridized carbons (Fsp3) is 0.591. The minimum atomic E-state index is -0.564. The van der Waals surface area contributed by atoms with Gasteiger partial charge in [-0.05, 0) is 69.3 Å². The van der Waals surface area contributed by atoms with Gasteiger partial charge in [0.25, 0.3) is 5.91 Å². The van der Waals surface area contributed by atoms with Gasteiger partial charge in [-0.2, -0.15) is 0 Å². The summed E-state index contributed by atoms with van der Waals surface area (Å²) in [5.41, 5.74) is 2.98. The fourth-order valence-corrected chi connectivity index (χ4v) is 4.91. The summed E-state index contributed by atoms with van der Waals surface area (Å²) in [6, 6.07) is 5.24. The Morgan fingerprint density at radius 1 is 1.21 bits per heavy atom. The molecule has 7 heteroatoms. The molecule has 0 saturated carbocycles. The highest BCUT2D eigenvalue weighted by Crippen LogP contribution is 2.30. The molecule has 0 aliphatic carbocycles. The maximum absolute atomic E-state index is 12.9. The van der Waals surface area contributed by atoms with Crippen LogP contribution in [0.4, 0.5) is 0 Å². The van der Waals surface area contributed by atoms with Crippen molar-refractivity contribution in [3.8, 4) is 0 Å². The van der Waals surface area contributed by atoms with E-state index < -0.39 is 6.04 Å². The maximum Gasteiger partial charge on any atom is 0.255 e. The zero-order chi connectivity index (χ0) is 20.6. The van der Waals surface area contributed by atoms with Gasteiger partial charge in [0.2, 0.25) is 11.8 Å². The summed E-state index contributed by atoms with van der Waals surface area (Å²) in [4.78, 5) is 38.2. The fourth-order valence-electron chi connectivity index (χ4n) is 4.91. The van der Waals surface area contributed by atoms with Crippen LogP contribution in [-0.4, -0.2) is 47.3 Å². The van der Waals surface area contributed by atoms with E-state index in [-0.39, 0.29) is 29.7 Å². The molecule has 2 unspecified atom stereocenters. The van der Waals surface area contributed by atoms with Crippen LogP contribution in [0.3, 0.4) is 0 Å². The van der Waals surface area contributed by atoms with E-state index >= 15 is 0 Å². The van der Waals surface area contributed by atoms with Crippen LogP contribution in [0.5, 0.6) is 0 Å². The van der Waals surface area contributed by atoms with Gasteiger partial charge in [0.1, 0.15) is 6.04 Å². The van der Waals surface area contributed by atoms with Crippen LogP contribution in [0.25, 0.3) is 0 Å². The third kappa shape index (κ3) is 4.21. The summed E-state index contributed by atoms with van der Waals surface area (Å²) in [7, 11) is 0. The lowest BCUT2D eigenvalue weighted by Gasteiger charge is -2.36. The number of nitrogens with one attached hydrogen (secondary N) is 3. The number of amides is 3. The van der Waals surface area contributed by atoms with Crippen LogP contribution in [0, 0.1) is 5.92 Å². The Morgan fingerprint density at radius 2 is 2.03 bits per heavy atom. The van der Waals surface area contributed by atoms with Gasteiger partial charge < -0.3 is 15.5 Å². The summed E-state index contributed by atoms with van der Waals surface area (Å²) in [6.45, 7) is 7.65. The average molecular weight is 399 g/mol. The summed E-state index contributed by atoms with van der Waals surface area (Å²) < 4.78 is 0. The topological polar surface area (TPSA) is 90.5 Å². The van der Waals surface area contributed by atoms with Gasteiger partial charge in [-0.3, -0.25) is 19.7 Å². The third-order valence-electron chi connectivity index (χ3n) is 6.38. The second-order valence-electron chi connectivity index (χ2n) is 9.14. The number of carbonyl (C=O) groups excluding carboxylic acids is 3. The predicted molar refractivity (Wildman–Crippen MR) is 109 cm³/mol. The van der Waals surface area contributed by atoms with Crippen LogP contribution in [0.1, 0.15) is 61.0 Å². The number of nitrogens with zero attached hydrogens (tertiary/aromatic N) is 1. The first-order valence-corrected chi connectivity index (χ1v) is 10.6. The van der Waals surface area contributed by atoms with Crippen LogP contribution in [0.2, 0.25) is 0 Å². The Bertz CT molecular complexity index is 835. The second kappa shape index (κ2) is 7.88. The first-order valence-electron chi connectivity index (χ1n) is 10.6. The van der Waals surface area contributed by atoms with Crippen molar-refractivity contribution in [2.24, 2.45) is 5.92 Å². The predicted octanol–water partition coefficient (Wildman–Crippen LogP) is 1.32. The molecule has 3 heterocycles. The highest BCUT2D eigenvalue weighted by atomic mass is 16.2. The van der Waals surface area contributed by atoms with Crippen molar-refractivity contribution >= 4 is 17.7 Å². The van der Waals surface area contributed by atoms with Crippen LogP contribution in [-0.2, 0) is 22.7 Å². The van der Waals surface area contributed by atoms with Crippen molar-refractivity contribution in [3.05, 3.63) is 34.9 Å². The van der Waals surface area contributed by atoms with Gasteiger partial charge in [0.15, 0.2) is 0 Å². The molecular formula is C22H30N4O3. The SMILES string of the molecule is CC1(C)CC(CNCc2cccc3c2CN(C2CCC(=O)NC2=O)C3=O)CCN1. The van der Waals surface area contributed by atoms with Crippen molar-refractivity contribution in [3.63, 3.8) is 0 Å². The first kappa shape index (κ1) is 20.0. The minimum Gasteiger partial charge on any atom is -0.322 e. The lowest BCUT2D eigenvalue weighted by molar-refractivity contribution is -0.136. The van der Waals surface area contributed by atoms with Crippen LogP contribution < -0.4 is 16.0 Å². The third-order valence-corrected chi connectivity index (χ3v) is 6.38. The maximum atomic E-state index is 12.9. The Morgan fingerprint density at radius 3 is 2.79 bits per heavy atom. The van der Waals surface area contributed by atoms with Gasteiger partial charge in [-0.1, -0.05) is 12.1 Å². The quantitative estimate of drug-likeness (QED) is 0.651. The Hall–Kier alpha value is -2.25. The number of carbonyl (C=O) groups is 3. The molecule has 3 aliphatic heterocycles. The number of hydrogen-bond donors (Lipinski definition) is 3. The van der Waals surface area contributed by atoms with Gasteiger partial charge in [0.05, 0.1) is 0 Å². The first-order chi connectivity index (χ1) is 13.8. The van der Waals surface area contributed by atoms with E-state index in [1.54, 1.807) is 4.90 Å². The molecule has 1 aromatic carbocycles. The van der Waals surface area contributed by atoms with Crippen molar-refractivity contribution in [1.82, 2.24) is 20.9 Å². The lowest BCUT2D eigenvalue weighted by Crippen LogP contribution is -2.52. The number of piperidine rings is 2. The van der Waals surface area contributed by atoms with Crippen molar-refractivity contribution < 1.29 is 14.4 Å². The summed E-state index contributed by atoms with van der Waals surface area (Å²) >= 11 is 0. The van der Waals surface area contributed by atoms with Gasteiger partial charge >= 0.3 is 0 Å². The molecule has 2 fully saturated rings. The molecule has 2 atom stereocenters. The number of fused-ring (bicyclic) bond motifs is 1. The Kier molecular flexibility index (Phi) is 5.44. The van der Waals surface area contributed by atoms with E-state index in [0.717, 1.165) is 30.6 Å². The molecule has 3 N–H and O–H groups in total. The van der Waals surface area contributed by atoms with Crippen molar-refractivity contribution in [1.29, 1.82) is 0 Å². The van der Waals surface area contributed by atoms with E-state index in [1.165, 1.54) is 6.42 Å². The van der Waals surface area contributed by atoms with E-state index in [4.69, 9.17) is 0 Å². The summed E-state index contributed by atoms with van der Waals surface area (Å²) in [5.74, 6) is -0.0990. The normalized spacial score (nSPS) is 26.4. The zero-order valence-electron chi connectivity index (χ0n) is 17.2.